The highest BCUT2D eigenvalue weighted by atomic mass is 16.3. The minimum atomic E-state index is -0.959. The van der Waals surface area contributed by atoms with Crippen molar-refractivity contribution in [3.63, 3.8) is 0 Å². The Labute approximate surface area is 83.6 Å². The van der Waals surface area contributed by atoms with Gasteiger partial charge in [-0.2, -0.15) is 0 Å². The van der Waals surface area contributed by atoms with Crippen LogP contribution in [-0.2, 0) is 0 Å². The molecule has 0 bridgehead atoms. The van der Waals surface area contributed by atoms with Crippen molar-refractivity contribution in [1.29, 1.82) is 0 Å². The SMILES string of the molecule is CC(O)C(O)C1[C@@H](O)CCN1CCO. The summed E-state index contributed by atoms with van der Waals surface area (Å²) >= 11 is 0. The zero-order valence-corrected chi connectivity index (χ0v) is 8.37. The van der Waals surface area contributed by atoms with Crippen molar-refractivity contribution in [1.82, 2.24) is 4.90 Å². The Bertz CT molecular complexity index is 174. The summed E-state index contributed by atoms with van der Waals surface area (Å²) in [4.78, 5) is 1.81. The predicted octanol–water partition coefficient (Wildman–Crippen LogP) is -1.84. The Morgan fingerprint density at radius 2 is 2.07 bits per heavy atom. The topological polar surface area (TPSA) is 84.2 Å². The molecule has 5 nitrogen and oxygen atoms in total. The number of hydrogen-bond donors (Lipinski definition) is 4. The summed E-state index contributed by atoms with van der Waals surface area (Å²) in [7, 11) is 0. The molecule has 4 atom stereocenters. The van der Waals surface area contributed by atoms with E-state index in [1.807, 2.05) is 4.90 Å². The lowest BCUT2D eigenvalue weighted by atomic mass is 10.0. The first kappa shape index (κ1) is 11.9. The fraction of sp³-hybridized carbons (Fsp3) is 1.00. The normalized spacial score (nSPS) is 33.2. The van der Waals surface area contributed by atoms with Gasteiger partial charge >= 0.3 is 0 Å². The summed E-state index contributed by atoms with van der Waals surface area (Å²) in [6.07, 6.45) is -1.87. The fourth-order valence-corrected chi connectivity index (χ4v) is 1.98. The number of nitrogens with zero attached hydrogens (tertiary/aromatic N) is 1. The first-order valence-corrected chi connectivity index (χ1v) is 4.97. The van der Waals surface area contributed by atoms with Gasteiger partial charge in [0.15, 0.2) is 0 Å². The van der Waals surface area contributed by atoms with E-state index in [9.17, 15) is 15.3 Å². The van der Waals surface area contributed by atoms with Crippen LogP contribution in [0.4, 0.5) is 0 Å². The maximum absolute atomic E-state index is 9.66. The van der Waals surface area contributed by atoms with Gasteiger partial charge in [0, 0.05) is 13.1 Å². The molecule has 0 aromatic carbocycles. The van der Waals surface area contributed by atoms with Crippen LogP contribution < -0.4 is 0 Å². The summed E-state index contributed by atoms with van der Waals surface area (Å²) in [5, 5.41) is 37.3. The van der Waals surface area contributed by atoms with Gasteiger partial charge in [-0.25, -0.2) is 0 Å². The molecule has 3 unspecified atom stereocenters. The van der Waals surface area contributed by atoms with Gasteiger partial charge in [-0.1, -0.05) is 0 Å². The minimum Gasteiger partial charge on any atom is -0.395 e. The second-order valence-electron chi connectivity index (χ2n) is 3.84. The molecule has 0 aliphatic carbocycles. The Morgan fingerprint density at radius 3 is 2.57 bits per heavy atom. The summed E-state index contributed by atoms with van der Waals surface area (Å²) in [5.41, 5.74) is 0. The second-order valence-corrected chi connectivity index (χ2v) is 3.84. The molecule has 4 N–H and O–H groups in total. The molecule has 1 saturated heterocycles. The maximum atomic E-state index is 9.66. The van der Waals surface area contributed by atoms with Gasteiger partial charge in [0.1, 0.15) is 0 Å². The number of rotatable bonds is 4. The second kappa shape index (κ2) is 5.04. The van der Waals surface area contributed by atoms with Crippen LogP contribution >= 0.6 is 0 Å². The van der Waals surface area contributed by atoms with E-state index in [1.165, 1.54) is 6.92 Å². The third-order valence-corrected chi connectivity index (χ3v) is 2.76. The van der Waals surface area contributed by atoms with Crippen molar-refractivity contribution < 1.29 is 20.4 Å². The zero-order valence-electron chi connectivity index (χ0n) is 8.37. The standard InChI is InChI=1S/C9H19NO4/c1-6(12)9(14)8-7(13)2-3-10(8)4-5-11/h6-9,11-14H,2-5H2,1H3/t6?,7-,8?,9?/m0/s1. The van der Waals surface area contributed by atoms with Gasteiger partial charge in [-0.05, 0) is 13.3 Å². The molecule has 0 aromatic rings. The number of aliphatic hydroxyl groups is 4. The van der Waals surface area contributed by atoms with Gasteiger partial charge in [0.25, 0.3) is 0 Å². The molecular weight excluding hydrogens is 186 g/mol. The minimum absolute atomic E-state index is 0.00422. The lowest BCUT2D eigenvalue weighted by Crippen LogP contribution is -2.49. The highest BCUT2D eigenvalue weighted by Gasteiger charge is 2.39. The molecule has 14 heavy (non-hydrogen) atoms. The van der Waals surface area contributed by atoms with E-state index in [4.69, 9.17) is 5.11 Å². The number of hydrogen-bond acceptors (Lipinski definition) is 5. The zero-order chi connectivity index (χ0) is 10.7. The molecule has 0 spiro atoms. The van der Waals surface area contributed by atoms with Crippen LogP contribution in [0, 0.1) is 0 Å². The summed E-state index contributed by atoms with van der Waals surface area (Å²) in [6, 6.07) is -0.456. The van der Waals surface area contributed by atoms with Crippen LogP contribution in [0.5, 0.6) is 0 Å². The molecule has 0 saturated carbocycles. The van der Waals surface area contributed by atoms with Crippen molar-refractivity contribution in [2.75, 3.05) is 19.7 Å². The van der Waals surface area contributed by atoms with Gasteiger partial charge < -0.3 is 20.4 Å². The van der Waals surface area contributed by atoms with Crippen LogP contribution in [-0.4, -0.2) is 69.4 Å². The van der Waals surface area contributed by atoms with Gasteiger partial charge in [-0.3, -0.25) is 4.90 Å². The van der Waals surface area contributed by atoms with Gasteiger partial charge in [0.2, 0.25) is 0 Å². The predicted molar refractivity (Wildman–Crippen MR) is 50.8 cm³/mol. The molecule has 1 fully saturated rings. The van der Waals surface area contributed by atoms with Gasteiger partial charge in [0.05, 0.1) is 31.0 Å². The van der Waals surface area contributed by atoms with E-state index in [0.717, 1.165) is 0 Å². The molecule has 84 valence electrons. The Morgan fingerprint density at radius 1 is 1.43 bits per heavy atom. The largest absolute Gasteiger partial charge is 0.395 e. The van der Waals surface area contributed by atoms with Crippen LogP contribution in [0.15, 0.2) is 0 Å². The first-order valence-electron chi connectivity index (χ1n) is 4.97. The first-order chi connectivity index (χ1) is 6.57. The molecule has 5 heteroatoms. The quantitative estimate of drug-likeness (QED) is 0.433. The van der Waals surface area contributed by atoms with Gasteiger partial charge in [-0.15, -0.1) is 0 Å². The molecule has 1 aliphatic rings. The number of likely N-dealkylation sites (tertiary alicyclic amines) is 1. The van der Waals surface area contributed by atoms with Crippen LogP contribution in [0.2, 0.25) is 0 Å². The Kier molecular flexibility index (Phi) is 4.28. The van der Waals surface area contributed by atoms with E-state index in [2.05, 4.69) is 0 Å². The molecular formula is C9H19NO4. The Balaban J connectivity index is 2.61. The van der Waals surface area contributed by atoms with Crippen LogP contribution in [0.3, 0.4) is 0 Å². The highest BCUT2D eigenvalue weighted by molar-refractivity contribution is 4.93. The lowest BCUT2D eigenvalue weighted by Gasteiger charge is -2.31. The van der Waals surface area contributed by atoms with E-state index < -0.39 is 24.4 Å². The van der Waals surface area contributed by atoms with Crippen LogP contribution in [0.1, 0.15) is 13.3 Å². The average molecular weight is 205 g/mol. The average Bonchev–Trinajstić information content (AvgIpc) is 2.47. The molecule has 0 amide bonds. The summed E-state index contributed by atoms with van der Waals surface area (Å²) < 4.78 is 0. The van der Waals surface area contributed by atoms with Crippen LogP contribution in [0.25, 0.3) is 0 Å². The van der Waals surface area contributed by atoms with Crippen molar-refractivity contribution in [3.05, 3.63) is 0 Å². The highest BCUT2D eigenvalue weighted by Crippen LogP contribution is 2.22. The molecule has 0 radical (unpaired) electrons. The maximum Gasteiger partial charge on any atom is 0.0976 e. The Hall–Kier alpha value is -0.200. The monoisotopic (exact) mass is 205 g/mol. The fourth-order valence-electron chi connectivity index (χ4n) is 1.98. The van der Waals surface area contributed by atoms with E-state index in [1.54, 1.807) is 0 Å². The lowest BCUT2D eigenvalue weighted by molar-refractivity contribution is -0.0503. The van der Waals surface area contributed by atoms with Crippen molar-refractivity contribution in [3.8, 4) is 0 Å². The van der Waals surface area contributed by atoms with E-state index >= 15 is 0 Å². The molecule has 0 aromatic heterocycles. The van der Waals surface area contributed by atoms with E-state index in [-0.39, 0.29) is 6.61 Å². The number of aliphatic hydroxyl groups excluding tert-OH is 4. The molecule has 1 rings (SSSR count). The number of β-amino-alcohol motifs (C(OH)–C–C–N with tert-alkyl or cyclic N) is 1. The van der Waals surface area contributed by atoms with Crippen molar-refractivity contribution in [2.24, 2.45) is 0 Å². The smallest absolute Gasteiger partial charge is 0.0976 e. The summed E-state index contributed by atoms with van der Waals surface area (Å²) in [6.45, 7) is 2.56. The third kappa shape index (κ3) is 2.43. The molecule has 1 heterocycles. The molecule has 1 aliphatic heterocycles. The summed E-state index contributed by atoms with van der Waals surface area (Å²) in [5.74, 6) is 0. The van der Waals surface area contributed by atoms with Crippen molar-refractivity contribution >= 4 is 0 Å². The third-order valence-electron chi connectivity index (χ3n) is 2.76. The van der Waals surface area contributed by atoms with E-state index in [0.29, 0.717) is 19.5 Å². The van der Waals surface area contributed by atoms with Crippen molar-refractivity contribution in [2.45, 2.75) is 37.7 Å².